The van der Waals surface area contributed by atoms with E-state index in [1.165, 1.54) is 11.3 Å². The third-order valence-corrected chi connectivity index (χ3v) is 3.86. The third kappa shape index (κ3) is 3.39. The van der Waals surface area contributed by atoms with Crippen LogP contribution in [0.3, 0.4) is 0 Å². The fraction of sp³-hybridized carbons (Fsp3) is 0.286. The molecule has 0 aliphatic heterocycles. The maximum absolute atomic E-state index is 12.1. The van der Waals surface area contributed by atoms with Gasteiger partial charge in [-0.05, 0) is 19.4 Å². The van der Waals surface area contributed by atoms with Crippen molar-refractivity contribution in [2.45, 2.75) is 25.9 Å². The highest BCUT2D eigenvalue weighted by Crippen LogP contribution is 2.17. The Morgan fingerprint density at radius 2 is 2.05 bits per heavy atom. The van der Waals surface area contributed by atoms with Gasteiger partial charge in [-0.3, -0.25) is 4.79 Å². The molecule has 0 radical (unpaired) electrons. The van der Waals surface area contributed by atoms with E-state index in [-0.39, 0.29) is 11.9 Å². The van der Waals surface area contributed by atoms with Crippen LogP contribution >= 0.6 is 11.3 Å². The Bertz CT molecular complexity index is 536. The summed E-state index contributed by atoms with van der Waals surface area (Å²) in [5, 5.41) is 5.65. The summed E-state index contributed by atoms with van der Waals surface area (Å²) in [6.07, 6.45) is 1.72. The summed E-state index contributed by atoms with van der Waals surface area (Å²) in [6.45, 7) is 3.90. The number of nitrogens with one attached hydrogen (secondary N) is 1. The van der Waals surface area contributed by atoms with Crippen molar-refractivity contribution in [2.75, 3.05) is 0 Å². The first-order chi connectivity index (χ1) is 9.08. The van der Waals surface area contributed by atoms with Crippen LogP contribution in [0.1, 0.15) is 35.1 Å². The number of benzene rings is 1. The van der Waals surface area contributed by atoms with Gasteiger partial charge in [0.1, 0.15) is 11.0 Å². The number of aromatic nitrogens is 1. The Hall–Kier alpha value is -1.72. The fourth-order valence-electron chi connectivity index (χ4n) is 1.74. The molecule has 4 nitrogen and oxygen atoms in total. The maximum atomic E-state index is 12.1. The lowest BCUT2D eigenvalue weighted by atomic mass is 10.1. The van der Waals surface area contributed by atoms with E-state index < -0.39 is 6.04 Å². The number of nitrogens with zero attached hydrogens (tertiary/aromatic N) is 1. The van der Waals surface area contributed by atoms with E-state index in [2.05, 4.69) is 10.3 Å². The minimum absolute atomic E-state index is 0.121. The molecule has 0 spiro atoms. The molecule has 19 heavy (non-hydrogen) atoms. The molecule has 1 heterocycles. The summed E-state index contributed by atoms with van der Waals surface area (Å²) < 4.78 is 0. The molecular weight excluding hydrogens is 258 g/mol. The van der Waals surface area contributed by atoms with Gasteiger partial charge in [0.2, 0.25) is 5.91 Å². The molecule has 1 aromatic carbocycles. The van der Waals surface area contributed by atoms with E-state index in [9.17, 15) is 4.79 Å². The van der Waals surface area contributed by atoms with Gasteiger partial charge in [-0.2, -0.15) is 0 Å². The molecule has 2 rings (SSSR count). The topological polar surface area (TPSA) is 68.0 Å². The first-order valence-electron chi connectivity index (χ1n) is 6.10. The van der Waals surface area contributed by atoms with E-state index in [1.807, 2.05) is 43.5 Å². The standard InChI is InChI=1S/C14H17N3OS/c1-9-3-5-11(6-4-9)12(15)13(18)17-10(2)14-16-7-8-19-14/h3-8,10,12H,15H2,1-2H3,(H,17,18). The summed E-state index contributed by atoms with van der Waals surface area (Å²) >= 11 is 1.52. The molecule has 0 aliphatic carbocycles. The predicted molar refractivity (Wildman–Crippen MR) is 76.8 cm³/mol. The smallest absolute Gasteiger partial charge is 0.242 e. The minimum atomic E-state index is -0.650. The Morgan fingerprint density at radius 1 is 1.37 bits per heavy atom. The van der Waals surface area contributed by atoms with Gasteiger partial charge in [0.25, 0.3) is 0 Å². The van der Waals surface area contributed by atoms with E-state index in [0.29, 0.717) is 0 Å². The second kappa shape index (κ2) is 5.95. The summed E-state index contributed by atoms with van der Waals surface area (Å²) in [4.78, 5) is 16.3. The lowest BCUT2D eigenvalue weighted by Crippen LogP contribution is -2.35. The number of rotatable bonds is 4. The van der Waals surface area contributed by atoms with Crippen LogP contribution in [0, 0.1) is 6.92 Å². The molecule has 100 valence electrons. The zero-order valence-corrected chi connectivity index (χ0v) is 11.8. The van der Waals surface area contributed by atoms with Crippen molar-refractivity contribution >= 4 is 17.2 Å². The number of nitrogens with two attached hydrogens (primary N) is 1. The SMILES string of the molecule is Cc1ccc(C(N)C(=O)NC(C)c2nccs2)cc1. The Labute approximate surface area is 116 Å². The average molecular weight is 275 g/mol. The van der Waals surface area contributed by atoms with Crippen LogP contribution in [0.2, 0.25) is 0 Å². The molecule has 0 bridgehead atoms. The van der Waals surface area contributed by atoms with Crippen molar-refractivity contribution in [2.24, 2.45) is 5.73 Å². The van der Waals surface area contributed by atoms with Gasteiger partial charge in [0.05, 0.1) is 6.04 Å². The van der Waals surface area contributed by atoms with Crippen molar-refractivity contribution in [3.8, 4) is 0 Å². The van der Waals surface area contributed by atoms with Crippen molar-refractivity contribution in [3.63, 3.8) is 0 Å². The van der Waals surface area contributed by atoms with Gasteiger partial charge >= 0.3 is 0 Å². The molecule has 1 aromatic heterocycles. The number of carbonyl (C=O) groups excluding carboxylic acids is 1. The highest BCUT2D eigenvalue weighted by molar-refractivity contribution is 7.09. The molecule has 2 atom stereocenters. The van der Waals surface area contributed by atoms with Gasteiger partial charge in [0.15, 0.2) is 0 Å². The van der Waals surface area contributed by atoms with E-state index in [0.717, 1.165) is 16.1 Å². The van der Waals surface area contributed by atoms with Crippen LogP contribution < -0.4 is 11.1 Å². The number of aryl methyl sites for hydroxylation is 1. The molecule has 0 saturated heterocycles. The van der Waals surface area contributed by atoms with Gasteiger partial charge in [0, 0.05) is 11.6 Å². The predicted octanol–water partition coefficient (Wildman–Crippen LogP) is 2.33. The highest BCUT2D eigenvalue weighted by atomic mass is 32.1. The maximum Gasteiger partial charge on any atom is 0.242 e. The first kappa shape index (κ1) is 13.7. The number of carbonyl (C=O) groups is 1. The molecule has 3 N–H and O–H groups in total. The number of hydrogen-bond donors (Lipinski definition) is 2. The van der Waals surface area contributed by atoms with Gasteiger partial charge < -0.3 is 11.1 Å². The molecule has 2 aromatic rings. The zero-order chi connectivity index (χ0) is 13.8. The van der Waals surface area contributed by atoms with Crippen LogP contribution in [0.15, 0.2) is 35.8 Å². The lowest BCUT2D eigenvalue weighted by molar-refractivity contribution is -0.123. The quantitative estimate of drug-likeness (QED) is 0.900. The Kier molecular flexibility index (Phi) is 4.29. The van der Waals surface area contributed by atoms with Crippen molar-refractivity contribution in [3.05, 3.63) is 52.0 Å². The molecular formula is C14H17N3OS. The summed E-state index contributed by atoms with van der Waals surface area (Å²) in [5.74, 6) is -0.188. The Balaban J connectivity index is 2.01. The molecule has 5 heteroatoms. The first-order valence-corrected chi connectivity index (χ1v) is 6.98. The summed E-state index contributed by atoms with van der Waals surface area (Å²) in [5.41, 5.74) is 7.92. The lowest BCUT2D eigenvalue weighted by Gasteiger charge is -2.16. The van der Waals surface area contributed by atoms with Crippen LogP contribution in [0.5, 0.6) is 0 Å². The van der Waals surface area contributed by atoms with Crippen LogP contribution in [-0.2, 0) is 4.79 Å². The number of hydrogen-bond acceptors (Lipinski definition) is 4. The summed E-state index contributed by atoms with van der Waals surface area (Å²) in [6, 6.07) is 6.90. The van der Waals surface area contributed by atoms with Crippen molar-refractivity contribution in [1.29, 1.82) is 0 Å². The molecule has 1 amide bonds. The average Bonchev–Trinajstić information content (AvgIpc) is 2.92. The third-order valence-electron chi connectivity index (χ3n) is 2.90. The van der Waals surface area contributed by atoms with E-state index >= 15 is 0 Å². The largest absolute Gasteiger partial charge is 0.345 e. The normalized spacial score (nSPS) is 13.8. The number of thiazole rings is 1. The minimum Gasteiger partial charge on any atom is -0.345 e. The van der Waals surface area contributed by atoms with Crippen LogP contribution in [0.25, 0.3) is 0 Å². The Morgan fingerprint density at radius 3 is 2.63 bits per heavy atom. The monoisotopic (exact) mass is 275 g/mol. The second-order valence-electron chi connectivity index (χ2n) is 4.49. The zero-order valence-electron chi connectivity index (χ0n) is 11.0. The van der Waals surface area contributed by atoms with Crippen LogP contribution in [-0.4, -0.2) is 10.9 Å². The summed E-state index contributed by atoms with van der Waals surface area (Å²) in [7, 11) is 0. The van der Waals surface area contributed by atoms with Crippen molar-refractivity contribution in [1.82, 2.24) is 10.3 Å². The van der Waals surface area contributed by atoms with E-state index in [4.69, 9.17) is 5.73 Å². The molecule has 0 fully saturated rings. The van der Waals surface area contributed by atoms with E-state index in [1.54, 1.807) is 6.20 Å². The second-order valence-corrected chi connectivity index (χ2v) is 5.42. The molecule has 2 unspecified atom stereocenters. The molecule has 0 aliphatic rings. The van der Waals surface area contributed by atoms with Crippen LogP contribution in [0.4, 0.5) is 0 Å². The number of amides is 1. The van der Waals surface area contributed by atoms with Crippen molar-refractivity contribution < 1.29 is 4.79 Å². The van der Waals surface area contributed by atoms with Gasteiger partial charge in [-0.25, -0.2) is 4.98 Å². The fourth-order valence-corrected chi connectivity index (χ4v) is 2.38. The molecule has 0 saturated carbocycles. The van der Waals surface area contributed by atoms with Gasteiger partial charge in [-0.1, -0.05) is 29.8 Å². The highest BCUT2D eigenvalue weighted by Gasteiger charge is 2.19. The van der Waals surface area contributed by atoms with Gasteiger partial charge in [-0.15, -0.1) is 11.3 Å².